The van der Waals surface area contributed by atoms with E-state index in [1.807, 2.05) is 0 Å². The summed E-state index contributed by atoms with van der Waals surface area (Å²) in [5, 5.41) is 5.40. The van der Waals surface area contributed by atoms with Crippen molar-refractivity contribution in [3.8, 4) is 66.8 Å². The maximum Gasteiger partial charge on any atom is 0.0995 e. The molecule has 10 aromatic carbocycles. The second-order valence-corrected chi connectivity index (χ2v) is 21.3. The average molecular weight is 1030 g/mol. The summed E-state index contributed by atoms with van der Waals surface area (Å²) >= 11 is 0. The van der Waals surface area contributed by atoms with Crippen molar-refractivity contribution < 1.29 is 21.7 Å². The second-order valence-electron chi connectivity index (χ2n) is 17.5. The van der Waals surface area contributed by atoms with E-state index in [2.05, 4.69) is 279 Å². The topological polar surface area (TPSA) is 0 Å². The molecule has 0 radical (unpaired) electrons. The summed E-state index contributed by atoms with van der Waals surface area (Å²) < 4.78 is 0. The fraction of sp³-hybridized carbons (Fsp3) is 0.0303. The molecule has 0 unspecified atom stereocenters. The van der Waals surface area contributed by atoms with Crippen molar-refractivity contribution in [3.63, 3.8) is 0 Å². The van der Waals surface area contributed by atoms with E-state index in [1.54, 1.807) is 0 Å². The summed E-state index contributed by atoms with van der Waals surface area (Å²) in [6.45, 7) is 0. The molecule has 0 saturated carbocycles. The molecular formula is C66H52Cl3SiTi-. The van der Waals surface area contributed by atoms with Crippen LogP contribution in [0.15, 0.2) is 284 Å². The van der Waals surface area contributed by atoms with E-state index < -0.39 is 8.07 Å². The van der Waals surface area contributed by atoms with Gasteiger partial charge in [-0.3, -0.25) is 6.08 Å². The van der Waals surface area contributed by atoms with E-state index in [1.165, 1.54) is 98.7 Å². The number of allylic oxidation sites excluding steroid dienone is 4. The Morgan fingerprint density at radius 1 is 0.296 bits per heavy atom. The fourth-order valence-electron chi connectivity index (χ4n) is 10.1. The molecule has 11 rings (SSSR count). The van der Waals surface area contributed by atoms with Crippen LogP contribution in [-0.2, 0) is 28.1 Å². The van der Waals surface area contributed by atoms with Crippen LogP contribution < -0.4 is 15.6 Å². The number of hydrogen-bond acceptors (Lipinski definition) is 0. The molecule has 0 aliphatic heterocycles. The molecule has 1 aliphatic rings. The van der Waals surface area contributed by atoms with Crippen LogP contribution >= 0.6 is 37.2 Å². The SMILES string of the molecule is Cl.Cl.Cl.[C-]1=C(Cc2ccccc2)C([Si](c2cc(-c3ccccc3)cc(-c3ccccc3)c2)(c2cc(-c3ccccc3)cc(-c3ccccc3)c2)c2cc(-c3ccccc3)cc(-c3ccccc3)c2)=CC1.[Ti]. The summed E-state index contributed by atoms with van der Waals surface area (Å²) in [4.78, 5) is 0. The predicted molar refractivity (Wildman–Crippen MR) is 308 cm³/mol. The monoisotopic (exact) mass is 1030 g/mol. The number of halogens is 3. The third-order valence-corrected chi connectivity index (χ3v) is 18.1. The number of benzene rings is 10. The zero-order chi connectivity index (χ0) is 44.8. The van der Waals surface area contributed by atoms with Crippen LogP contribution in [-0.4, -0.2) is 8.07 Å². The minimum absolute atomic E-state index is 0. The van der Waals surface area contributed by atoms with Gasteiger partial charge in [0.15, 0.2) is 0 Å². The molecule has 0 aromatic heterocycles. The maximum atomic E-state index is 4.01. The Morgan fingerprint density at radius 3 is 0.789 bits per heavy atom. The molecule has 346 valence electrons. The van der Waals surface area contributed by atoms with Crippen LogP contribution in [0.5, 0.6) is 0 Å². The zero-order valence-electron chi connectivity index (χ0n) is 39.1. The van der Waals surface area contributed by atoms with Gasteiger partial charge < -0.3 is 0 Å². The van der Waals surface area contributed by atoms with Gasteiger partial charge in [-0.05, 0) is 96.9 Å². The van der Waals surface area contributed by atoms with E-state index in [0.29, 0.717) is 0 Å². The first-order valence-corrected chi connectivity index (χ1v) is 25.3. The standard InChI is InChI=1S/C66H49Si.3ClH.Ti/c1-8-23-49(24-9-1)39-56-37-22-38-66(56)67(63-43-57(50-25-10-2-11-26-50)40-58(44-63)51-27-12-3-13-28-51,64-45-59(52-29-14-4-15-30-52)41-60(46-64)53-31-16-5-17-32-53)65-47-61(54-33-18-6-19-34-54)42-62(48-65)55-35-20-7-21-36-55;;;;/h1-21,23-36,38,40-48H,22,39H2;3*1H;/q-1;;;;. The summed E-state index contributed by atoms with van der Waals surface area (Å²) in [6, 6.07) is 99.2. The minimum Gasteiger partial charge on any atom is -0.269 e. The fourth-order valence-corrected chi connectivity index (χ4v) is 15.3. The van der Waals surface area contributed by atoms with Crippen molar-refractivity contribution in [2.75, 3.05) is 0 Å². The van der Waals surface area contributed by atoms with Crippen LogP contribution in [0.4, 0.5) is 0 Å². The third-order valence-electron chi connectivity index (χ3n) is 13.3. The molecule has 1 aliphatic carbocycles. The number of hydrogen-bond donors (Lipinski definition) is 0. The van der Waals surface area contributed by atoms with Gasteiger partial charge in [0.25, 0.3) is 0 Å². The van der Waals surface area contributed by atoms with Crippen LogP contribution in [0.2, 0.25) is 0 Å². The van der Waals surface area contributed by atoms with Gasteiger partial charge in [0.05, 0.1) is 8.07 Å². The minimum atomic E-state index is -3.43. The first-order chi connectivity index (χ1) is 33.2. The number of rotatable bonds is 12. The molecule has 0 N–H and O–H groups in total. The molecule has 10 aromatic rings. The predicted octanol–water partition coefficient (Wildman–Crippen LogP) is 16.3. The molecule has 0 nitrogen and oxygen atoms in total. The van der Waals surface area contributed by atoms with Crippen LogP contribution in [0, 0.1) is 6.08 Å². The molecule has 0 fully saturated rings. The molecule has 0 atom stereocenters. The molecular weight excluding hydrogens is 975 g/mol. The Labute approximate surface area is 454 Å². The normalized spacial score (nSPS) is 11.7. The first kappa shape index (κ1) is 52.3. The van der Waals surface area contributed by atoms with Crippen LogP contribution in [0.3, 0.4) is 0 Å². The summed E-state index contributed by atoms with van der Waals surface area (Å²) in [5.74, 6) is 0. The molecule has 0 amide bonds. The molecule has 0 bridgehead atoms. The Balaban J connectivity index is 0.00000185. The van der Waals surface area contributed by atoms with Crippen LogP contribution in [0.25, 0.3) is 66.8 Å². The molecule has 5 heteroatoms. The van der Waals surface area contributed by atoms with Gasteiger partial charge in [0, 0.05) is 21.7 Å². The largest absolute Gasteiger partial charge is 0.269 e. The van der Waals surface area contributed by atoms with Crippen molar-refractivity contribution in [2.24, 2.45) is 0 Å². The van der Waals surface area contributed by atoms with Crippen molar-refractivity contribution in [1.82, 2.24) is 0 Å². The second kappa shape index (κ2) is 24.1. The Bertz CT molecular complexity index is 2890. The molecule has 71 heavy (non-hydrogen) atoms. The summed E-state index contributed by atoms with van der Waals surface area (Å²) in [7, 11) is -3.43. The van der Waals surface area contributed by atoms with E-state index in [9.17, 15) is 0 Å². The first-order valence-electron chi connectivity index (χ1n) is 23.3. The summed E-state index contributed by atoms with van der Waals surface area (Å²) in [5.41, 5.74) is 17.0. The van der Waals surface area contributed by atoms with E-state index in [-0.39, 0.29) is 58.9 Å². The zero-order valence-corrected chi connectivity index (χ0v) is 44.1. The smallest absolute Gasteiger partial charge is 0.0995 e. The van der Waals surface area contributed by atoms with Crippen molar-refractivity contribution in [2.45, 2.75) is 12.8 Å². The third kappa shape index (κ3) is 11.0. The van der Waals surface area contributed by atoms with Gasteiger partial charge in [-0.25, -0.2) is 5.57 Å². The maximum absolute atomic E-state index is 4.01. The van der Waals surface area contributed by atoms with E-state index >= 15 is 0 Å². The van der Waals surface area contributed by atoms with Crippen molar-refractivity contribution in [3.05, 3.63) is 295 Å². The van der Waals surface area contributed by atoms with Gasteiger partial charge in [-0.15, -0.1) is 43.6 Å². The van der Waals surface area contributed by atoms with Crippen molar-refractivity contribution >= 4 is 60.9 Å². The van der Waals surface area contributed by atoms with Gasteiger partial charge in [-0.2, -0.15) is 11.3 Å². The van der Waals surface area contributed by atoms with E-state index in [0.717, 1.165) is 12.8 Å². The van der Waals surface area contributed by atoms with Gasteiger partial charge in [0.1, 0.15) is 0 Å². The Hall–Kier alpha value is -6.52. The Kier molecular flexibility index (Phi) is 17.7. The van der Waals surface area contributed by atoms with Gasteiger partial charge >= 0.3 is 0 Å². The Morgan fingerprint density at radius 2 is 0.535 bits per heavy atom. The van der Waals surface area contributed by atoms with Gasteiger partial charge in [0.2, 0.25) is 0 Å². The molecule has 0 saturated heterocycles. The van der Waals surface area contributed by atoms with Gasteiger partial charge in [-0.1, -0.05) is 264 Å². The van der Waals surface area contributed by atoms with Crippen molar-refractivity contribution in [1.29, 1.82) is 0 Å². The van der Waals surface area contributed by atoms with E-state index in [4.69, 9.17) is 0 Å². The molecule has 0 heterocycles. The average Bonchev–Trinajstić information content (AvgIpc) is 3.88. The van der Waals surface area contributed by atoms with Crippen LogP contribution in [0.1, 0.15) is 12.0 Å². The summed E-state index contributed by atoms with van der Waals surface area (Å²) in [6.07, 6.45) is 8.09. The molecule has 0 spiro atoms. The quantitative estimate of drug-likeness (QED) is 0.0650.